The van der Waals surface area contributed by atoms with Crippen LogP contribution >= 0.6 is 11.3 Å². The lowest BCUT2D eigenvalue weighted by Crippen LogP contribution is -2.36. The van der Waals surface area contributed by atoms with Gasteiger partial charge in [-0.2, -0.15) is 5.10 Å². The Bertz CT molecular complexity index is 1030. The zero-order chi connectivity index (χ0) is 21.1. The molecule has 0 radical (unpaired) electrons. The lowest BCUT2D eigenvalue weighted by Gasteiger charge is -2.30. The minimum Gasteiger partial charge on any atom is -0.382 e. The number of benzene rings is 1. The van der Waals surface area contributed by atoms with Crippen LogP contribution in [0.25, 0.3) is 10.6 Å². The summed E-state index contributed by atoms with van der Waals surface area (Å²) in [6.45, 7) is 2.19. The van der Waals surface area contributed by atoms with Gasteiger partial charge in [0.1, 0.15) is 0 Å². The van der Waals surface area contributed by atoms with Gasteiger partial charge < -0.3 is 21.3 Å². The zero-order valence-corrected chi connectivity index (χ0v) is 17.5. The number of H-pyrrole nitrogens is 1. The van der Waals surface area contributed by atoms with Gasteiger partial charge in [0.2, 0.25) is 0 Å². The topological polar surface area (TPSA) is 116 Å². The molecule has 0 spiro atoms. The van der Waals surface area contributed by atoms with Crippen molar-refractivity contribution in [1.82, 2.24) is 15.1 Å². The third-order valence-electron chi connectivity index (χ3n) is 5.17. The Hall–Kier alpha value is -3.17. The third-order valence-corrected chi connectivity index (χ3v) is 6.30. The van der Waals surface area contributed by atoms with Crippen LogP contribution in [0.15, 0.2) is 42.5 Å². The summed E-state index contributed by atoms with van der Waals surface area (Å²) in [5.41, 5.74) is 7.58. The first kappa shape index (κ1) is 20.1. The number of rotatable bonds is 6. The lowest BCUT2D eigenvalue weighted by atomic mass is 10.0. The number of aromatic nitrogens is 2. The van der Waals surface area contributed by atoms with Crippen LogP contribution in [-0.4, -0.2) is 53.1 Å². The molecule has 0 bridgehead atoms. The Balaban J connectivity index is 1.35. The maximum absolute atomic E-state index is 12.5. The fraction of sp³-hybridized carbons (Fsp3) is 0.286. The highest BCUT2D eigenvalue weighted by molar-refractivity contribution is 7.17. The van der Waals surface area contributed by atoms with Crippen LogP contribution < -0.4 is 16.4 Å². The van der Waals surface area contributed by atoms with Gasteiger partial charge in [-0.15, -0.1) is 11.3 Å². The first-order chi connectivity index (χ1) is 14.5. The smallest absolute Gasteiger partial charge is 0.258 e. The number of anilines is 2. The molecule has 1 aliphatic heterocycles. The second kappa shape index (κ2) is 8.68. The Kier molecular flexibility index (Phi) is 5.82. The molecule has 30 heavy (non-hydrogen) atoms. The van der Waals surface area contributed by atoms with Crippen molar-refractivity contribution in [3.05, 3.63) is 52.9 Å². The molecule has 0 atom stereocenters. The van der Waals surface area contributed by atoms with Crippen molar-refractivity contribution in [2.75, 3.05) is 30.8 Å². The number of carbonyl (C=O) groups excluding carboxylic acids is 2. The van der Waals surface area contributed by atoms with Crippen molar-refractivity contribution in [2.24, 2.45) is 5.73 Å². The number of carbonyl (C=O) groups is 2. The highest BCUT2D eigenvalue weighted by Gasteiger charge is 2.16. The number of nitrogens with zero attached hydrogens (tertiary/aromatic N) is 2. The van der Waals surface area contributed by atoms with E-state index in [0.29, 0.717) is 28.0 Å². The first-order valence-electron chi connectivity index (χ1n) is 9.80. The van der Waals surface area contributed by atoms with E-state index in [-0.39, 0.29) is 5.91 Å². The SMILES string of the molecule is CN1CCC(Nc2ccc(C(=O)Nc3cc(-c4ccc(C(N)=O)s4)[nH]n3)cc2)CC1. The molecule has 1 aromatic carbocycles. The number of hydrogen-bond donors (Lipinski definition) is 4. The van der Waals surface area contributed by atoms with Crippen molar-refractivity contribution in [3.8, 4) is 10.6 Å². The molecule has 1 saturated heterocycles. The Morgan fingerprint density at radius 1 is 1.17 bits per heavy atom. The summed E-state index contributed by atoms with van der Waals surface area (Å²) < 4.78 is 0. The number of likely N-dealkylation sites (tertiary alicyclic amines) is 1. The van der Waals surface area contributed by atoms with Crippen molar-refractivity contribution >= 4 is 34.7 Å². The lowest BCUT2D eigenvalue weighted by molar-refractivity contribution is 0.100. The van der Waals surface area contributed by atoms with E-state index in [0.717, 1.165) is 36.5 Å². The number of amides is 2. The van der Waals surface area contributed by atoms with Crippen molar-refractivity contribution < 1.29 is 9.59 Å². The fourth-order valence-corrected chi connectivity index (χ4v) is 4.25. The van der Waals surface area contributed by atoms with Crippen LogP contribution in [0.2, 0.25) is 0 Å². The predicted molar refractivity (Wildman–Crippen MR) is 119 cm³/mol. The molecule has 156 valence electrons. The van der Waals surface area contributed by atoms with Gasteiger partial charge in [-0.25, -0.2) is 0 Å². The molecule has 2 amide bonds. The number of nitrogens with one attached hydrogen (secondary N) is 3. The van der Waals surface area contributed by atoms with Gasteiger partial charge >= 0.3 is 0 Å². The molecule has 2 aromatic heterocycles. The number of hydrogen-bond acceptors (Lipinski definition) is 6. The Labute approximate surface area is 178 Å². The Morgan fingerprint density at radius 3 is 2.57 bits per heavy atom. The van der Waals surface area contributed by atoms with E-state index < -0.39 is 5.91 Å². The van der Waals surface area contributed by atoms with Gasteiger partial charge in [-0.05, 0) is 69.4 Å². The largest absolute Gasteiger partial charge is 0.382 e. The van der Waals surface area contributed by atoms with E-state index in [1.165, 1.54) is 11.3 Å². The van der Waals surface area contributed by atoms with E-state index in [4.69, 9.17) is 5.73 Å². The standard InChI is InChI=1S/C21H24N6O2S/c1-27-10-8-15(9-11-27)23-14-4-2-13(3-5-14)21(29)24-19-12-16(25-26-19)17-6-7-18(30-17)20(22)28/h2-7,12,15,23H,8-11H2,1H3,(H2,22,28)(H2,24,25,26,29). The summed E-state index contributed by atoms with van der Waals surface area (Å²) >= 11 is 1.27. The second-order valence-electron chi connectivity index (χ2n) is 7.45. The molecule has 0 saturated carbocycles. The summed E-state index contributed by atoms with van der Waals surface area (Å²) in [4.78, 5) is 27.4. The molecule has 1 fully saturated rings. The van der Waals surface area contributed by atoms with Gasteiger partial charge in [0.05, 0.1) is 15.4 Å². The molecule has 1 aliphatic rings. The van der Waals surface area contributed by atoms with Gasteiger partial charge in [-0.3, -0.25) is 14.7 Å². The number of primary amides is 1. The molecular weight excluding hydrogens is 400 g/mol. The third kappa shape index (κ3) is 4.69. The second-order valence-corrected chi connectivity index (χ2v) is 8.53. The van der Waals surface area contributed by atoms with Crippen molar-refractivity contribution in [1.29, 1.82) is 0 Å². The molecule has 9 heteroatoms. The molecule has 3 aromatic rings. The van der Waals surface area contributed by atoms with Gasteiger partial charge in [-0.1, -0.05) is 0 Å². The Morgan fingerprint density at radius 2 is 1.90 bits per heavy atom. The van der Waals surface area contributed by atoms with E-state index in [9.17, 15) is 9.59 Å². The number of nitrogens with two attached hydrogens (primary N) is 1. The predicted octanol–water partition coefficient (Wildman–Crippen LogP) is 3.00. The summed E-state index contributed by atoms with van der Waals surface area (Å²) in [6.07, 6.45) is 2.23. The average Bonchev–Trinajstić information content (AvgIpc) is 3.40. The maximum Gasteiger partial charge on any atom is 0.258 e. The summed E-state index contributed by atoms with van der Waals surface area (Å²) in [5, 5.41) is 13.3. The number of aromatic amines is 1. The van der Waals surface area contributed by atoms with Crippen molar-refractivity contribution in [2.45, 2.75) is 18.9 Å². The monoisotopic (exact) mass is 424 g/mol. The van der Waals surface area contributed by atoms with Gasteiger partial charge in [0.15, 0.2) is 5.82 Å². The van der Waals surface area contributed by atoms with Gasteiger partial charge in [0.25, 0.3) is 11.8 Å². The van der Waals surface area contributed by atoms with Crippen LogP contribution in [0.5, 0.6) is 0 Å². The normalized spacial score (nSPS) is 15.1. The molecule has 3 heterocycles. The quantitative estimate of drug-likeness (QED) is 0.485. The molecular formula is C21H24N6O2S. The van der Waals surface area contributed by atoms with E-state index in [2.05, 4.69) is 32.8 Å². The summed E-state index contributed by atoms with van der Waals surface area (Å²) in [5.74, 6) is -0.284. The molecule has 8 nitrogen and oxygen atoms in total. The van der Waals surface area contributed by atoms with Crippen LogP contribution in [0, 0.1) is 0 Å². The van der Waals surface area contributed by atoms with E-state index >= 15 is 0 Å². The van der Waals surface area contributed by atoms with Crippen LogP contribution in [0.1, 0.15) is 32.9 Å². The average molecular weight is 425 g/mol. The molecule has 0 aliphatic carbocycles. The van der Waals surface area contributed by atoms with Crippen LogP contribution in [-0.2, 0) is 0 Å². The van der Waals surface area contributed by atoms with Gasteiger partial charge in [0, 0.05) is 23.4 Å². The highest BCUT2D eigenvalue weighted by Crippen LogP contribution is 2.28. The minimum absolute atomic E-state index is 0.233. The highest BCUT2D eigenvalue weighted by atomic mass is 32.1. The molecule has 4 rings (SSSR count). The van der Waals surface area contributed by atoms with Crippen LogP contribution in [0.4, 0.5) is 11.5 Å². The first-order valence-corrected chi connectivity index (χ1v) is 10.6. The molecule has 5 N–H and O–H groups in total. The van der Waals surface area contributed by atoms with Crippen molar-refractivity contribution in [3.63, 3.8) is 0 Å². The fourth-order valence-electron chi connectivity index (χ4n) is 3.42. The molecule has 0 unspecified atom stereocenters. The number of piperidine rings is 1. The van der Waals surface area contributed by atoms with E-state index in [1.54, 1.807) is 30.3 Å². The van der Waals surface area contributed by atoms with Crippen LogP contribution in [0.3, 0.4) is 0 Å². The minimum atomic E-state index is -0.465. The summed E-state index contributed by atoms with van der Waals surface area (Å²) in [6, 6.07) is 13.1. The summed E-state index contributed by atoms with van der Waals surface area (Å²) in [7, 11) is 2.14. The number of thiophene rings is 1. The zero-order valence-electron chi connectivity index (χ0n) is 16.6. The van der Waals surface area contributed by atoms with E-state index in [1.807, 2.05) is 12.1 Å². The maximum atomic E-state index is 12.5.